The average molecular weight is 238 g/mol. The molecular formula is C12H15FN2O2. The second-order valence-corrected chi connectivity index (χ2v) is 4.66. The summed E-state index contributed by atoms with van der Waals surface area (Å²) in [5.41, 5.74) is -0.0926. The molecule has 1 N–H and O–H groups in total. The first-order valence-corrected chi connectivity index (χ1v) is 5.73. The molecule has 1 saturated carbocycles. The highest BCUT2D eigenvalue weighted by molar-refractivity contribution is 5.36. The first-order chi connectivity index (χ1) is 8.08. The molecule has 1 fully saturated rings. The Labute approximate surface area is 99.0 Å². The van der Waals surface area contributed by atoms with Gasteiger partial charge in [-0.25, -0.2) is 0 Å². The summed E-state index contributed by atoms with van der Waals surface area (Å²) in [5, 5.41) is 13.8. The fraction of sp³-hybridized carbons (Fsp3) is 0.500. The minimum atomic E-state index is -0.725. The third kappa shape index (κ3) is 2.61. The Morgan fingerprint density at radius 1 is 1.53 bits per heavy atom. The lowest BCUT2D eigenvalue weighted by molar-refractivity contribution is -0.387. The summed E-state index contributed by atoms with van der Waals surface area (Å²) < 4.78 is 13.7. The molecule has 1 aliphatic carbocycles. The summed E-state index contributed by atoms with van der Waals surface area (Å²) in [6.45, 7) is 2.52. The molecule has 0 amide bonds. The summed E-state index contributed by atoms with van der Waals surface area (Å²) in [4.78, 5) is 9.88. The van der Waals surface area contributed by atoms with Gasteiger partial charge in [-0.3, -0.25) is 10.1 Å². The zero-order chi connectivity index (χ0) is 12.4. The van der Waals surface area contributed by atoms with Gasteiger partial charge in [-0.1, -0.05) is 19.1 Å². The number of hydrogen-bond donors (Lipinski definition) is 1. The minimum Gasteiger partial charge on any atom is -0.310 e. The van der Waals surface area contributed by atoms with E-state index in [9.17, 15) is 14.5 Å². The van der Waals surface area contributed by atoms with E-state index in [1.807, 2.05) is 0 Å². The predicted octanol–water partition coefficient (Wildman–Crippen LogP) is 2.62. The number of nitrogens with one attached hydrogen (secondary N) is 1. The Morgan fingerprint density at radius 2 is 2.24 bits per heavy atom. The second-order valence-electron chi connectivity index (χ2n) is 4.66. The van der Waals surface area contributed by atoms with Crippen molar-refractivity contribution in [1.82, 2.24) is 5.32 Å². The van der Waals surface area contributed by atoms with Crippen molar-refractivity contribution >= 4 is 5.69 Å². The fourth-order valence-electron chi connectivity index (χ4n) is 2.17. The van der Waals surface area contributed by atoms with Gasteiger partial charge in [-0.15, -0.1) is 0 Å². The number of nitro groups is 1. The second kappa shape index (κ2) is 4.79. The van der Waals surface area contributed by atoms with Gasteiger partial charge in [0.15, 0.2) is 0 Å². The molecule has 1 aromatic rings. The highest BCUT2D eigenvalue weighted by atomic mass is 19.1. The van der Waals surface area contributed by atoms with Crippen LogP contribution >= 0.6 is 0 Å². The molecule has 2 rings (SSSR count). The van der Waals surface area contributed by atoms with E-state index in [0.717, 1.165) is 18.8 Å². The van der Waals surface area contributed by atoms with Crippen LogP contribution < -0.4 is 5.32 Å². The molecule has 5 heteroatoms. The smallest absolute Gasteiger partial charge is 0.305 e. The molecule has 0 unspecified atom stereocenters. The van der Waals surface area contributed by atoms with E-state index in [0.29, 0.717) is 18.2 Å². The Hall–Kier alpha value is -1.49. The number of halogens is 1. The third-order valence-electron chi connectivity index (χ3n) is 3.21. The Balaban J connectivity index is 2.01. The molecule has 0 heterocycles. The lowest BCUT2D eigenvalue weighted by Gasteiger charge is -2.33. The van der Waals surface area contributed by atoms with Crippen molar-refractivity contribution in [2.75, 3.05) is 0 Å². The number of nitrogens with zero attached hydrogens (tertiary/aromatic N) is 1. The lowest BCUT2D eigenvalue weighted by Crippen LogP contribution is -2.39. The van der Waals surface area contributed by atoms with E-state index in [1.165, 1.54) is 12.1 Å². The molecule has 92 valence electrons. The van der Waals surface area contributed by atoms with Crippen LogP contribution in [0.5, 0.6) is 0 Å². The van der Waals surface area contributed by atoms with Crippen LogP contribution in [0.2, 0.25) is 0 Å². The lowest BCUT2D eigenvalue weighted by atomic mass is 9.82. The minimum absolute atomic E-state index is 0.352. The highest BCUT2D eigenvalue weighted by Gasteiger charge is 2.25. The maximum atomic E-state index is 13.7. The standard InChI is InChI=1S/C12H15FN2O2/c1-8-5-10(6-8)14-7-9-3-2-4-11(12(9)13)15(16)17/h2-4,8,10,14H,5-7H2,1H3. The Kier molecular flexibility index (Phi) is 3.38. The van der Waals surface area contributed by atoms with Gasteiger partial charge in [0.25, 0.3) is 0 Å². The van der Waals surface area contributed by atoms with Crippen LogP contribution in [0.4, 0.5) is 10.1 Å². The summed E-state index contributed by atoms with van der Waals surface area (Å²) in [6, 6.07) is 4.70. The SMILES string of the molecule is CC1CC(NCc2cccc([N+](=O)[O-])c2F)C1. The summed E-state index contributed by atoms with van der Waals surface area (Å²) in [5.74, 6) is -0.000159. The van der Waals surface area contributed by atoms with E-state index < -0.39 is 16.4 Å². The van der Waals surface area contributed by atoms with Crippen molar-refractivity contribution in [3.05, 3.63) is 39.7 Å². The van der Waals surface area contributed by atoms with Crippen LogP contribution in [0.1, 0.15) is 25.3 Å². The van der Waals surface area contributed by atoms with Crippen molar-refractivity contribution in [3.8, 4) is 0 Å². The van der Waals surface area contributed by atoms with Gasteiger partial charge in [0, 0.05) is 24.2 Å². The quantitative estimate of drug-likeness (QED) is 0.648. The average Bonchev–Trinajstić information content (AvgIpc) is 2.24. The predicted molar refractivity (Wildman–Crippen MR) is 62.1 cm³/mol. The highest BCUT2D eigenvalue weighted by Crippen LogP contribution is 2.27. The molecule has 4 nitrogen and oxygen atoms in total. The largest absolute Gasteiger partial charge is 0.310 e. The molecule has 1 aliphatic rings. The zero-order valence-electron chi connectivity index (χ0n) is 9.65. The molecule has 0 spiro atoms. The van der Waals surface area contributed by atoms with E-state index in [1.54, 1.807) is 6.07 Å². The maximum absolute atomic E-state index is 13.7. The van der Waals surface area contributed by atoms with E-state index in [-0.39, 0.29) is 0 Å². The normalized spacial score (nSPS) is 23.2. The number of benzene rings is 1. The first-order valence-electron chi connectivity index (χ1n) is 5.73. The van der Waals surface area contributed by atoms with E-state index >= 15 is 0 Å². The Morgan fingerprint density at radius 3 is 2.82 bits per heavy atom. The van der Waals surface area contributed by atoms with Crippen LogP contribution in [0, 0.1) is 21.8 Å². The van der Waals surface area contributed by atoms with Gasteiger partial charge in [0.05, 0.1) is 4.92 Å². The zero-order valence-corrected chi connectivity index (χ0v) is 9.65. The van der Waals surface area contributed by atoms with Gasteiger partial charge in [0.1, 0.15) is 0 Å². The summed E-state index contributed by atoms with van der Waals surface area (Å²) >= 11 is 0. The van der Waals surface area contributed by atoms with E-state index in [2.05, 4.69) is 12.2 Å². The van der Waals surface area contributed by atoms with Gasteiger partial charge in [-0.05, 0) is 18.8 Å². The van der Waals surface area contributed by atoms with Crippen molar-refractivity contribution in [1.29, 1.82) is 0 Å². The van der Waals surface area contributed by atoms with Crippen molar-refractivity contribution in [2.24, 2.45) is 5.92 Å². The Bertz CT molecular complexity index is 431. The molecule has 0 aliphatic heterocycles. The molecule has 0 bridgehead atoms. The third-order valence-corrected chi connectivity index (χ3v) is 3.21. The van der Waals surface area contributed by atoms with Crippen LogP contribution in [-0.4, -0.2) is 11.0 Å². The molecular weight excluding hydrogens is 223 g/mol. The fourth-order valence-corrected chi connectivity index (χ4v) is 2.17. The molecule has 0 saturated heterocycles. The van der Waals surface area contributed by atoms with Crippen molar-refractivity contribution in [3.63, 3.8) is 0 Å². The summed E-state index contributed by atoms with van der Waals surface area (Å²) in [6.07, 6.45) is 2.19. The molecule has 0 aromatic heterocycles. The molecule has 1 aromatic carbocycles. The molecule has 0 radical (unpaired) electrons. The monoisotopic (exact) mass is 238 g/mol. The maximum Gasteiger partial charge on any atom is 0.305 e. The summed E-state index contributed by atoms with van der Waals surface area (Å²) in [7, 11) is 0. The van der Waals surface area contributed by atoms with Crippen molar-refractivity contribution < 1.29 is 9.31 Å². The van der Waals surface area contributed by atoms with Crippen LogP contribution in [0.25, 0.3) is 0 Å². The van der Waals surface area contributed by atoms with Gasteiger partial charge in [-0.2, -0.15) is 4.39 Å². The van der Waals surface area contributed by atoms with Crippen molar-refractivity contribution in [2.45, 2.75) is 32.4 Å². The number of hydrogen-bond acceptors (Lipinski definition) is 3. The molecule has 0 atom stereocenters. The van der Waals surface area contributed by atoms with Crippen LogP contribution in [0.15, 0.2) is 18.2 Å². The first kappa shape index (κ1) is 12.0. The molecule has 17 heavy (non-hydrogen) atoms. The van der Waals surface area contributed by atoms with Gasteiger partial charge >= 0.3 is 5.69 Å². The number of nitro benzene ring substituents is 1. The van der Waals surface area contributed by atoms with Gasteiger partial charge in [0.2, 0.25) is 5.82 Å². The van der Waals surface area contributed by atoms with Crippen LogP contribution in [-0.2, 0) is 6.54 Å². The van der Waals surface area contributed by atoms with Gasteiger partial charge < -0.3 is 5.32 Å². The van der Waals surface area contributed by atoms with E-state index in [4.69, 9.17) is 0 Å². The topological polar surface area (TPSA) is 55.2 Å². The number of rotatable bonds is 4. The van der Waals surface area contributed by atoms with Crippen LogP contribution in [0.3, 0.4) is 0 Å².